The van der Waals surface area contributed by atoms with Gasteiger partial charge in [-0.15, -0.1) is 10.2 Å². The summed E-state index contributed by atoms with van der Waals surface area (Å²) in [5.74, 6) is 0.928. The van der Waals surface area contributed by atoms with E-state index in [1.807, 2.05) is 65.5 Å². The van der Waals surface area contributed by atoms with Crippen LogP contribution in [0.2, 0.25) is 0 Å². The Morgan fingerprint density at radius 1 is 1.04 bits per heavy atom. The lowest BCUT2D eigenvalue weighted by Crippen LogP contribution is -1.96. The van der Waals surface area contributed by atoms with Crippen molar-refractivity contribution in [3.63, 3.8) is 0 Å². The SMILES string of the molecule is O=[N+]([O-])c1cc(CSc2nnc(-c3ccccc3)o2)cc(-n2cccc2)c1. The van der Waals surface area contributed by atoms with Crippen LogP contribution in [-0.4, -0.2) is 19.7 Å². The summed E-state index contributed by atoms with van der Waals surface area (Å²) in [6.07, 6.45) is 3.69. The standard InChI is InChI=1S/C19H14N4O3S/c24-23(25)17-11-14(10-16(12-17)22-8-4-5-9-22)13-27-19-21-20-18(26-19)15-6-2-1-3-7-15/h1-12H,13H2. The Morgan fingerprint density at radius 3 is 2.56 bits per heavy atom. The zero-order valence-electron chi connectivity index (χ0n) is 14.1. The molecule has 4 aromatic rings. The van der Waals surface area contributed by atoms with Gasteiger partial charge in [0.1, 0.15) is 0 Å². The average molecular weight is 378 g/mol. The molecular formula is C19H14N4O3S. The fourth-order valence-corrected chi connectivity index (χ4v) is 3.30. The average Bonchev–Trinajstić information content (AvgIpc) is 3.39. The van der Waals surface area contributed by atoms with Crippen molar-refractivity contribution in [3.05, 3.63) is 88.7 Å². The molecule has 0 fully saturated rings. The second-order valence-electron chi connectivity index (χ2n) is 5.73. The predicted octanol–water partition coefficient (Wildman–Crippen LogP) is 4.73. The first-order valence-corrected chi connectivity index (χ1v) is 9.11. The monoisotopic (exact) mass is 378 g/mol. The van der Waals surface area contributed by atoms with Crippen molar-refractivity contribution in [1.29, 1.82) is 0 Å². The number of rotatable bonds is 6. The van der Waals surface area contributed by atoms with E-state index in [0.717, 1.165) is 16.8 Å². The fourth-order valence-electron chi connectivity index (χ4n) is 2.61. The highest BCUT2D eigenvalue weighted by molar-refractivity contribution is 7.98. The van der Waals surface area contributed by atoms with Gasteiger partial charge in [0.2, 0.25) is 5.89 Å². The molecule has 0 unspecified atom stereocenters. The van der Waals surface area contributed by atoms with Gasteiger partial charge >= 0.3 is 0 Å². The van der Waals surface area contributed by atoms with Crippen molar-refractivity contribution in [1.82, 2.24) is 14.8 Å². The van der Waals surface area contributed by atoms with Crippen LogP contribution in [0.15, 0.2) is 82.7 Å². The predicted molar refractivity (Wildman–Crippen MR) is 102 cm³/mol. The summed E-state index contributed by atoms with van der Waals surface area (Å²) in [5.41, 5.74) is 2.44. The van der Waals surface area contributed by atoms with Crippen molar-refractivity contribution in [2.24, 2.45) is 0 Å². The van der Waals surface area contributed by atoms with Gasteiger partial charge in [-0.1, -0.05) is 30.0 Å². The van der Waals surface area contributed by atoms with Crippen molar-refractivity contribution in [2.75, 3.05) is 0 Å². The first-order chi connectivity index (χ1) is 13.2. The molecule has 0 radical (unpaired) electrons. The van der Waals surface area contributed by atoms with E-state index in [4.69, 9.17) is 4.42 Å². The van der Waals surface area contributed by atoms with E-state index in [2.05, 4.69) is 10.2 Å². The molecular weight excluding hydrogens is 364 g/mol. The Balaban J connectivity index is 1.54. The lowest BCUT2D eigenvalue weighted by atomic mass is 10.2. The van der Waals surface area contributed by atoms with Crippen LogP contribution < -0.4 is 0 Å². The van der Waals surface area contributed by atoms with Crippen LogP contribution in [0.25, 0.3) is 17.1 Å². The third-order valence-electron chi connectivity index (χ3n) is 3.87. The number of nitro groups is 1. The van der Waals surface area contributed by atoms with E-state index in [1.165, 1.54) is 11.8 Å². The van der Waals surface area contributed by atoms with Crippen LogP contribution in [0.4, 0.5) is 5.69 Å². The van der Waals surface area contributed by atoms with Gasteiger partial charge in [-0.3, -0.25) is 10.1 Å². The van der Waals surface area contributed by atoms with Crippen LogP contribution in [-0.2, 0) is 5.75 Å². The molecule has 27 heavy (non-hydrogen) atoms. The van der Waals surface area contributed by atoms with Crippen LogP contribution >= 0.6 is 11.8 Å². The third kappa shape index (κ3) is 3.90. The number of aromatic nitrogens is 3. The molecule has 0 aliphatic carbocycles. The van der Waals surface area contributed by atoms with Crippen molar-refractivity contribution < 1.29 is 9.34 Å². The molecule has 0 atom stereocenters. The minimum absolute atomic E-state index is 0.0484. The van der Waals surface area contributed by atoms with Crippen molar-refractivity contribution in [2.45, 2.75) is 11.0 Å². The Morgan fingerprint density at radius 2 is 1.81 bits per heavy atom. The highest BCUT2D eigenvalue weighted by Crippen LogP contribution is 2.28. The van der Waals surface area contributed by atoms with Gasteiger partial charge in [0.25, 0.3) is 10.9 Å². The number of benzene rings is 2. The van der Waals surface area contributed by atoms with E-state index < -0.39 is 0 Å². The lowest BCUT2D eigenvalue weighted by molar-refractivity contribution is -0.384. The van der Waals surface area contributed by atoms with Gasteiger partial charge in [0.15, 0.2) is 0 Å². The minimum atomic E-state index is -0.388. The summed E-state index contributed by atoms with van der Waals surface area (Å²) in [6, 6.07) is 18.3. The van der Waals surface area contributed by atoms with Crippen LogP contribution in [0.5, 0.6) is 0 Å². The highest BCUT2D eigenvalue weighted by atomic mass is 32.2. The zero-order valence-corrected chi connectivity index (χ0v) is 14.9. The molecule has 8 heteroatoms. The first-order valence-electron chi connectivity index (χ1n) is 8.12. The second-order valence-corrected chi connectivity index (χ2v) is 6.66. The molecule has 0 amide bonds. The maximum atomic E-state index is 11.3. The molecule has 2 aromatic carbocycles. The minimum Gasteiger partial charge on any atom is -0.411 e. The van der Waals surface area contributed by atoms with Gasteiger partial charge in [-0.25, -0.2) is 0 Å². The summed E-state index contributed by atoms with van der Waals surface area (Å²) >= 11 is 1.34. The Labute approximate surface area is 158 Å². The number of nitro benzene ring substituents is 1. The molecule has 0 saturated heterocycles. The number of hydrogen-bond donors (Lipinski definition) is 0. The van der Waals surface area contributed by atoms with E-state index >= 15 is 0 Å². The topological polar surface area (TPSA) is 87.0 Å². The van der Waals surface area contributed by atoms with Crippen molar-refractivity contribution >= 4 is 17.4 Å². The third-order valence-corrected chi connectivity index (χ3v) is 4.75. The Bertz CT molecular complexity index is 1060. The zero-order chi connectivity index (χ0) is 18.6. The summed E-state index contributed by atoms with van der Waals surface area (Å²) < 4.78 is 7.51. The molecule has 134 valence electrons. The van der Waals surface area contributed by atoms with E-state index in [-0.39, 0.29) is 10.6 Å². The number of thioether (sulfide) groups is 1. The van der Waals surface area contributed by atoms with E-state index in [1.54, 1.807) is 12.1 Å². The second kappa shape index (κ2) is 7.46. The van der Waals surface area contributed by atoms with Gasteiger partial charge in [-0.2, -0.15) is 0 Å². The Hall–Kier alpha value is -3.39. The fraction of sp³-hybridized carbons (Fsp3) is 0.0526. The smallest absolute Gasteiger partial charge is 0.277 e. The quantitative estimate of drug-likeness (QED) is 0.274. The van der Waals surface area contributed by atoms with Gasteiger partial charge in [-0.05, 0) is 35.9 Å². The largest absolute Gasteiger partial charge is 0.411 e. The van der Waals surface area contributed by atoms with Crippen LogP contribution in [0, 0.1) is 10.1 Å². The van der Waals surface area contributed by atoms with Crippen LogP contribution in [0.3, 0.4) is 0 Å². The van der Waals surface area contributed by atoms with Crippen LogP contribution in [0.1, 0.15) is 5.56 Å². The summed E-state index contributed by atoms with van der Waals surface area (Å²) in [6.45, 7) is 0. The molecule has 0 aliphatic heterocycles. The highest BCUT2D eigenvalue weighted by Gasteiger charge is 2.13. The molecule has 2 heterocycles. The lowest BCUT2D eigenvalue weighted by Gasteiger charge is -2.06. The maximum absolute atomic E-state index is 11.3. The molecule has 0 spiro atoms. The van der Waals surface area contributed by atoms with Gasteiger partial charge in [0, 0.05) is 35.8 Å². The van der Waals surface area contributed by atoms with Gasteiger partial charge in [0.05, 0.1) is 10.6 Å². The number of hydrogen-bond acceptors (Lipinski definition) is 6. The number of non-ortho nitro benzene ring substituents is 1. The maximum Gasteiger partial charge on any atom is 0.277 e. The molecule has 0 saturated carbocycles. The Kier molecular flexibility index (Phi) is 4.71. The van der Waals surface area contributed by atoms with E-state index in [9.17, 15) is 10.1 Å². The molecule has 2 aromatic heterocycles. The summed E-state index contributed by atoms with van der Waals surface area (Å²) in [4.78, 5) is 10.9. The number of nitrogens with zero attached hydrogens (tertiary/aromatic N) is 4. The molecule has 0 aliphatic rings. The molecule has 0 N–H and O–H groups in total. The molecule has 0 bridgehead atoms. The van der Waals surface area contributed by atoms with Gasteiger partial charge < -0.3 is 8.98 Å². The normalized spacial score (nSPS) is 10.8. The van der Waals surface area contributed by atoms with Crippen molar-refractivity contribution in [3.8, 4) is 17.1 Å². The molecule has 4 rings (SSSR count). The summed E-state index contributed by atoms with van der Waals surface area (Å²) in [7, 11) is 0. The van der Waals surface area contributed by atoms with E-state index in [0.29, 0.717) is 16.9 Å². The first kappa shape index (κ1) is 17.0. The molecule has 7 nitrogen and oxygen atoms in total. The summed E-state index contributed by atoms with van der Waals surface area (Å²) in [5, 5.41) is 19.8.